The van der Waals surface area contributed by atoms with Gasteiger partial charge in [-0.25, -0.2) is 15.0 Å². The van der Waals surface area contributed by atoms with E-state index in [1.807, 2.05) is 0 Å². The average molecular weight is 505 g/mol. The van der Waals surface area contributed by atoms with Crippen LogP contribution in [0.3, 0.4) is 0 Å². The Hall–Kier alpha value is -3.55. The molecule has 0 aliphatic heterocycles. The average Bonchev–Trinajstić information content (AvgIpc) is 2.75. The van der Waals surface area contributed by atoms with Crippen LogP contribution >= 0.6 is 0 Å². The van der Waals surface area contributed by atoms with Crippen LogP contribution in [-0.2, 0) is 17.5 Å². The highest BCUT2D eigenvalue weighted by Gasteiger charge is 2.40. The van der Waals surface area contributed by atoms with Crippen molar-refractivity contribution in [2.45, 2.75) is 31.9 Å². The number of ether oxygens (including phenoxy) is 3. The lowest BCUT2D eigenvalue weighted by atomic mass is 10.2. The summed E-state index contributed by atoms with van der Waals surface area (Å²) in [6.07, 6.45) is -11.5. The fraction of sp³-hybridized carbons (Fsp3) is 0.381. The Labute approximate surface area is 195 Å². The van der Waals surface area contributed by atoms with Crippen molar-refractivity contribution in [2.24, 2.45) is 0 Å². The normalized spacial score (nSPS) is 13.1. The summed E-state index contributed by atoms with van der Waals surface area (Å²) in [5, 5.41) is 3.20. The van der Waals surface area contributed by atoms with Crippen LogP contribution in [0.1, 0.15) is 17.2 Å². The predicted octanol–water partition coefficient (Wildman–Crippen LogP) is 4.51. The summed E-state index contributed by atoms with van der Waals surface area (Å²) in [7, 11) is 2.22. The summed E-state index contributed by atoms with van der Waals surface area (Å²) in [5.41, 5.74) is 4.68. The number of fused-ring (bicyclic) bond motifs is 1. The Morgan fingerprint density at radius 1 is 0.971 bits per heavy atom. The number of nitrogens with one attached hydrogen (secondary N) is 1. The molecule has 0 saturated carbocycles. The van der Waals surface area contributed by atoms with Gasteiger partial charge >= 0.3 is 12.4 Å². The summed E-state index contributed by atoms with van der Waals surface area (Å²) >= 11 is 0. The molecule has 35 heavy (non-hydrogen) atoms. The molecule has 0 aliphatic rings. The molecular weight excluding hydrogens is 484 g/mol. The third-order valence-corrected chi connectivity index (χ3v) is 4.76. The standard InChI is InChI=1S/C21H21F6N5O3/c1-10-30-14-7-15(33-2)16(35-9-18(34-3)21(25,26)27)6-13(14)19(31-10)29-8-12-4-11(28)5-17(32-12)20(22,23)24/h4-7,18H,8-9H2,1-3H3,(H2,28,32)(H,29,30,31). The number of aryl methyl sites for hydroxylation is 1. The van der Waals surface area contributed by atoms with Gasteiger partial charge in [0.2, 0.25) is 0 Å². The lowest BCUT2D eigenvalue weighted by Crippen LogP contribution is -2.36. The van der Waals surface area contributed by atoms with Crippen LogP contribution in [0.5, 0.6) is 11.5 Å². The van der Waals surface area contributed by atoms with Gasteiger partial charge in [-0.3, -0.25) is 0 Å². The molecule has 3 aromatic rings. The van der Waals surface area contributed by atoms with Crippen LogP contribution in [0.15, 0.2) is 24.3 Å². The van der Waals surface area contributed by atoms with E-state index in [4.69, 9.17) is 15.2 Å². The molecule has 0 saturated heterocycles. The highest BCUT2D eigenvalue weighted by atomic mass is 19.4. The largest absolute Gasteiger partial charge is 0.493 e. The summed E-state index contributed by atoms with van der Waals surface area (Å²) in [5.74, 6) is 0.592. The fourth-order valence-corrected chi connectivity index (χ4v) is 3.14. The number of anilines is 2. The van der Waals surface area contributed by atoms with Gasteiger partial charge in [-0.15, -0.1) is 0 Å². The number of hydrogen-bond donors (Lipinski definition) is 2. The molecule has 2 aromatic heterocycles. The second-order valence-electron chi connectivity index (χ2n) is 7.34. The van der Waals surface area contributed by atoms with Gasteiger partial charge in [0.25, 0.3) is 0 Å². The van der Waals surface area contributed by atoms with Gasteiger partial charge in [0.05, 0.1) is 24.9 Å². The van der Waals surface area contributed by atoms with Crippen LogP contribution in [0, 0.1) is 6.92 Å². The first kappa shape index (κ1) is 26.1. The Bertz CT molecular complexity index is 1200. The van der Waals surface area contributed by atoms with Crippen LogP contribution < -0.4 is 20.5 Å². The number of halogens is 6. The molecular formula is C21H21F6N5O3. The van der Waals surface area contributed by atoms with Gasteiger partial charge in [0.15, 0.2) is 17.6 Å². The highest BCUT2D eigenvalue weighted by Crippen LogP contribution is 2.35. The van der Waals surface area contributed by atoms with E-state index in [0.717, 1.165) is 13.2 Å². The minimum absolute atomic E-state index is 0.000149. The third-order valence-electron chi connectivity index (χ3n) is 4.76. The number of rotatable bonds is 8. The lowest BCUT2D eigenvalue weighted by Gasteiger charge is -2.20. The van der Waals surface area contributed by atoms with Crippen LogP contribution in [0.25, 0.3) is 10.9 Å². The zero-order valence-corrected chi connectivity index (χ0v) is 18.7. The number of alkyl halides is 6. The molecule has 1 aromatic carbocycles. The van der Waals surface area contributed by atoms with Crippen molar-refractivity contribution in [2.75, 3.05) is 31.9 Å². The summed E-state index contributed by atoms with van der Waals surface area (Å²) < 4.78 is 93.2. The van der Waals surface area contributed by atoms with Crippen molar-refractivity contribution in [3.05, 3.63) is 41.5 Å². The lowest BCUT2D eigenvalue weighted by molar-refractivity contribution is -0.219. The van der Waals surface area contributed by atoms with Crippen molar-refractivity contribution in [1.82, 2.24) is 15.0 Å². The number of aromatic nitrogens is 3. The molecule has 8 nitrogen and oxygen atoms in total. The van der Waals surface area contributed by atoms with E-state index >= 15 is 0 Å². The molecule has 3 N–H and O–H groups in total. The van der Waals surface area contributed by atoms with E-state index in [9.17, 15) is 26.3 Å². The van der Waals surface area contributed by atoms with E-state index in [1.54, 1.807) is 6.92 Å². The van der Waals surface area contributed by atoms with E-state index in [2.05, 4.69) is 25.0 Å². The van der Waals surface area contributed by atoms with Crippen LogP contribution in [0.4, 0.5) is 37.8 Å². The van der Waals surface area contributed by atoms with E-state index in [0.29, 0.717) is 16.7 Å². The Morgan fingerprint density at radius 2 is 1.69 bits per heavy atom. The number of benzene rings is 1. The number of methoxy groups -OCH3 is 2. The predicted molar refractivity (Wildman–Crippen MR) is 114 cm³/mol. The molecule has 0 amide bonds. The van der Waals surface area contributed by atoms with Crippen molar-refractivity contribution in [1.29, 1.82) is 0 Å². The fourth-order valence-electron chi connectivity index (χ4n) is 3.14. The maximum atomic E-state index is 13.1. The van der Waals surface area contributed by atoms with Gasteiger partial charge in [-0.1, -0.05) is 0 Å². The second-order valence-corrected chi connectivity index (χ2v) is 7.34. The molecule has 2 heterocycles. The molecule has 1 unspecified atom stereocenters. The quantitative estimate of drug-likeness (QED) is 0.431. The van der Waals surface area contributed by atoms with Crippen molar-refractivity contribution in [3.63, 3.8) is 0 Å². The van der Waals surface area contributed by atoms with E-state index < -0.39 is 30.8 Å². The van der Waals surface area contributed by atoms with Crippen LogP contribution in [0.2, 0.25) is 0 Å². The number of pyridine rings is 1. The molecule has 3 rings (SSSR count). The smallest absolute Gasteiger partial charge is 0.433 e. The van der Waals surface area contributed by atoms with Gasteiger partial charge in [0.1, 0.15) is 23.9 Å². The van der Waals surface area contributed by atoms with Crippen molar-refractivity contribution in [3.8, 4) is 11.5 Å². The van der Waals surface area contributed by atoms with Crippen LogP contribution in [-0.4, -0.2) is 48.1 Å². The number of nitrogen functional groups attached to an aromatic ring is 1. The summed E-state index contributed by atoms with van der Waals surface area (Å²) in [6.45, 7) is 0.570. The van der Waals surface area contributed by atoms with Gasteiger partial charge < -0.3 is 25.3 Å². The maximum absolute atomic E-state index is 13.1. The first-order valence-corrected chi connectivity index (χ1v) is 9.98. The Kier molecular flexibility index (Phi) is 7.43. The molecule has 0 fully saturated rings. The van der Waals surface area contributed by atoms with Gasteiger partial charge in [-0.05, 0) is 25.1 Å². The van der Waals surface area contributed by atoms with Gasteiger partial charge in [-0.2, -0.15) is 26.3 Å². The van der Waals surface area contributed by atoms with E-state index in [1.165, 1.54) is 25.3 Å². The minimum Gasteiger partial charge on any atom is -0.493 e. The molecule has 0 bridgehead atoms. The Morgan fingerprint density at radius 3 is 2.29 bits per heavy atom. The number of nitrogens with two attached hydrogens (primary N) is 1. The highest BCUT2D eigenvalue weighted by molar-refractivity contribution is 5.91. The van der Waals surface area contributed by atoms with Crippen molar-refractivity contribution < 1.29 is 40.6 Å². The SMILES string of the molecule is COc1cc2nc(C)nc(NCc3cc(N)cc(C(F)(F)F)n3)c2cc1OCC(OC)C(F)(F)F. The second kappa shape index (κ2) is 9.98. The zero-order valence-electron chi connectivity index (χ0n) is 18.7. The summed E-state index contributed by atoms with van der Waals surface area (Å²) in [4.78, 5) is 12.1. The first-order valence-electron chi connectivity index (χ1n) is 9.98. The molecule has 1 atom stereocenters. The minimum atomic E-state index is -4.68. The number of hydrogen-bond acceptors (Lipinski definition) is 8. The zero-order chi connectivity index (χ0) is 26.0. The van der Waals surface area contributed by atoms with Crippen molar-refractivity contribution >= 4 is 22.4 Å². The number of nitrogens with zero attached hydrogens (tertiary/aromatic N) is 3. The molecule has 0 spiro atoms. The monoisotopic (exact) mass is 505 g/mol. The molecule has 0 aliphatic carbocycles. The summed E-state index contributed by atoms with van der Waals surface area (Å²) in [6, 6.07) is 4.81. The first-order chi connectivity index (χ1) is 16.3. The molecule has 14 heteroatoms. The Balaban J connectivity index is 1.94. The maximum Gasteiger partial charge on any atom is 0.433 e. The van der Waals surface area contributed by atoms with E-state index in [-0.39, 0.29) is 35.2 Å². The van der Waals surface area contributed by atoms with Gasteiger partial charge in [0, 0.05) is 24.2 Å². The molecule has 0 radical (unpaired) electrons. The third kappa shape index (κ3) is 6.32. The topological polar surface area (TPSA) is 104 Å². The molecule has 190 valence electrons.